The highest BCUT2D eigenvalue weighted by Crippen LogP contribution is 2.31. The van der Waals surface area contributed by atoms with E-state index in [9.17, 15) is 8.78 Å². The lowest BCUT2D eigenvalue weighted by atomic mass is 10.00. The second kappa shape index (κ2) is 6.73. The van der Waals surface area contributed by atoms with Crippen LogP contribution in [0.3, 0.4) is 0 Å². The van der Waals surface area contributed by atoms with Crippen molar-refractivity contribution in [3.05, 3.63) is 29.3 Å². The van der Waals surface area contributed by atoms with Gasteiger partial charge in [0.15, 0.2) is 11.6 Å². The predicted octanol–water partition coefficient (Wildman–Crippen LogP) is 4.50. The van der Waals surface area contributed by atoms with Gasteiger partial charge in [0, 0.05) is 24.5 Å². The predicted molar refractivity (Wildman–Crippen MR) is 78.6 cm³/mol. The Balaban J connectivity index is 2.21. The molecular formula is C17H24F2O2. The lowest BCUT2D eigenvalue weighted by molar-refractivity contribution is -0.0730. The molecule has 2 atom stereocenters. The van der Waals surface area contributed by atoms with Crippen LogP contribution in [0, 0.1) is 17.6 Å². The molecule has 1 aromatic rings. The van der Waals surface area contributed by atoms with Crippen LogP contribution in [-0.4, -0.2) is 18.3 Å². The fourth-order valence-corrected chi connectivity index (χ4v) is 2.94. The minimum Gasteiger partial charge on any atom is -0.487 e. The molecule has 0 bridgehead atoms. The van der Waals surface area contributed by atoms with Crippen LogP contribution >= 0.6 is 0 Å². The SMILES string of the molecule is CC(C)Cc1cc(F)cc(F)c1OC1CC(C)OC(C)C1. The summed E-state index contributed by atoms with van der Waals surface area (Å²) in [6.07, 6.45) is 2.14. The van der Waals surface area contributed by atoms with Gasteiger partial charge in [0.05, 0.1) is 12.2 Å². The smallest absolute Gasteiger partial charge is 0.168 e. The molecule has 1 heterocycles. The first-order valence-electron chi connectivity index (χ1n) is 7.65. The largest absolute Gasteiger partial charge is 0.487 e. The monoisotopic (exact) mass is 298 g/mol. The van der Waals surface area contributed by atoms with Crippen molar-refractivity contribution in [3.63, 3.8) is 0 Å². The Kier molecular flexibility index (Phi) is 5.20. The summed E-state index contributed by atoms with van der Waals surface area (Å²) < 4.78 is 39.1. The van der Waals surface area contributed by atoms with Crippen molar-refractivity contribution in [2.75, 3.05) is 0 Å². The Bertz CT molecular complexity index is 478. The molecule has 1 saturated heterocycles. The van der Waals surface area contributed by atoms with E-state index in [0.717, 1.165) is 18.9 Å². The highest BCUT2D eigenvalue weighted by molar-refractivity contribution is 5.36. The molecule has 0 N–H and O–H groups in total. The molecule has 1 aromatic carbocycles. The highest BCUT2D eigenvalue weighted by atomic mass is 19.1. The summed E-state index contributed by atoms with van der Waals surface area (Å²) >= 11 is 0. The molecule has 1 fully saturated rings. The summed E-state index contributed by atoms with van der Waals surface area (Å²) in [5.74, 6) is -0.654. The maximum atomic E-state index is 14.1. The van der Waals surface area contributed by atoms with Gasteiger partial charge in [-0.1, -0.05) is 13.8 Å². The second-order valence-electron chi connectivity index (χ2n) is 6.44. The number of hydrogen-bond donors (Lipinski definition) is 0. The van der Waals surface area contributed by atoms with Gasteiger partial charge in [-0.3, -0.25) is 0 Å². The van der Waals surface area contributed by atoms with Crippen LogP contribution in [0.15, 0.2) is 12.1 Å². The zero-order valence-electron chi connectivity index (χ0n) is 13.2. The van der Waals surface area contributed by atoms with E-state index < -0.39 is 11.6 Å². The van der Waals surface area contributed by atoms with Crippen LogP contribution in [0.5, 0.6) is 5.75 Å². The Labute approximate surface area is 125 Å². The normalized spacial score (nSPS) is 26.1. The summed E-state index contributed by atoms with van der Waals surface area (Å²) in [6.45, 7) is 8.01. The topological polar surface area (TPSA) is 18.5 Å². The van der Waals surface area contributed by atoms with E-state index in [1.807, 2.05) is 27.7 Å². The van der Waals surface area contributed by atoms with E-state index in [4.69, 9.17) is 9.47 Å². The summed E-state index contributed by atoms with van der Waals surface area (Å²) in [7, 11) is 0. The van der Waals surface area contributed by atoms with E-state index >= 15 is 0 Å². The van der Waals surface area contributed by atoms with Gasteiger partial charge in [-0.2, -0.15) is 0 Å². The molecular weight excluding hydrogens is 274 g/mol. The van der Waals surface area contributed by atoms with E-state index in [2.05, 4.69) is 0 Å². The third-order valence-electron chi connectivity index (χ3n) is 3.65. The quantitative estimate of drug-likeness (QED) is 0.815. The lowest BCUT2D eigenvalue weighted by Crippen LogP contribution is -2.36. The highest BCUT2D eigenvalue weighted by Gasteiger charge is 2.27. The van der Waals surface area contributed by atoms with E-state index in [0.29, 0.717) is 17.9 Å². The van der Waals surface area contributed by atoms with Crippen LogP contribution < -0.4 is 4.74 Å². The average molecular weight is 298 g/mol. The Morgan fingerprint density at radius 3 is 2.38 bits per heavy atom. The second-order valence-corrected chi connectivity index (χ2v) is 6.44. The molecule has 0 aliphatic carbocycles. The van der Waals surface area contributed by atoms with Crippen LogP contribution in [-0.2, 0) is 11.2 Å². The van der Waals surface area contributed by atoms with Gasteiger partial charge in [0.2, 0.25) is 0 Å². The molecule has 4 heteroatoms. The lowest BCUT2D eigenvalue weighted by Gasteiger charge is -2.33. The molecule has 2 rings (SSSR count). The average Bonchev–Trinajstić information content (AvgIpc) is 2.31. The van der Waals surface area contributed by atoms with E-state index in [1.165, 1.54) is 6.07 Å². The summed E-state index contributed by atoms with van der Waals surface area (Å²) in [5.41, 5.74) is 0.606. The summed E-state index contributed by atoms with van der Waals surface area (Å²) in [5, 5.41) is 0. The molecule has 0 radical (unpaired) electrons. The maximum Gasteiger partial charge on any atom is 0.168 e. The first kappa shape index (κ1) is 16.2. The third-order valence-corrected chi connectivity index (χ3v) is 3.65. The van der Waals surface area contributed by atoms with Gasteiger partial charge in [-0.05, 0) is 32.3 Å². The van der Waals surface area contributed by atoms with Gasteiger partial charge in [-0.25, -0.2) is 8.78 Å². The fourth-order valence-electron chi connectivity index (χ4n) is 2.94. The Morgan fingerprint density at radius 2 is 1.81 bits per heavy atom. The van der Waals surface area contributed by atoms with Crippen molar-refractivity contribution >= 4 is 0 Å². The number of ether oxygens (including phenoxy) is 2. The Morgan fingerprint density at radius 1 is 1.19 bits per heavy atom. The van der Waals surface area contributed by atoms with E-state index in [-0.39, 0.29) is 24.1 Å². The minimum atomic E-state index is -0.613. The minimum absolute atomic E-state index is 0.0883. The zero-order chi connectivity index (χ0) is 15.6. The third kappa shape index (κ3) is 4.40. The van der Waals surface area contributed by atoms with Crippen LogP contribution in [0.1, 0.15) is 46.1 Å². The van der Waals surface area contributed by atoms with Gasteiger partial charge in [0.25, 0.3) is 0 Å². The molecule has 0 spiro atoms. The van der Waals surface area contributed by atoms with Crippen molar-refractivity contribution in [1.82, 2.24) is 0 Å². The molecule has 0 saturated carbocycles. The molecule has 2 nitrogen and oxygen atoms in total. The van der Waals surface area contributed by atoms with Gasteiger partial charge >= 0.3 is 0 Å². The fraction of sp³-hybridized carbons (Fsp3) is 0.647. The summed E-state index contributed by atoms with van der Waals surface area (Å²) in [4.78, 5) is 0. The van der Waals surface area contributed by atoms with Gasteiger partial charge in [0.1, 0.15) is 11.9 Å². The number of hydrogen-bond acceptors (Lipinski definition) is 2. The van der Waals surface area contributed by atoms with Crippen molar-refractivity contribution in [3.8, 4) is 5.75 Å². The Hall–Kier alpha value is -1.16. The van der Waals surface area contributed by atoms with Crippen LogP contribution in [0.2, 0.25) is 0 Å². The molecule has 2 unspecified atom stereocenters. The van der Waals surface area contributed by atoms with Crippen LogP contribution in [0.25, 0.3) is 0 Å². The standard InChI is InChI=1S/C17H24F2O2/c1-10(2)5-13-8-14(18)9-16(19)17(13)21-15-6-11(3)20-12(4)7-15/h8-12,15H,5-7H2,1-4H3. The van der Waals surface area contributed by atoms with Crippen molar-refractivity contribution < 1.29 is 18.3 Å². The van der Waals surface area contributed by atoms with Crippen molar-refractivity contribution in [1.29, 1.82) is 0 Å². The molecule has 0 amide bonds. The number of rotatable bonds is 4. The van der Waals surface area contributed by atoms with Gasteiger partial charge < -0.3 is 9.47 Å². The summed E-state index contributed by atoms with van der Waals surface area (Å²) in [6, 6.07) is 2.27. The first-order chi connectivity index (χ1) is 9.85. The number of halogens is 2. The molecule has 1 aliphatic heterocycles. The molecule has 118 valence electrons. The van der Waals surface area contributed by atoms with E-state index in [1.54, 1.807) is 0 Å². The van der Waals surface area contributed by atoms with Crippen LogP contribution in [0.4, 0.5) is 8.78 Å². The molecule has 21 heavy (non-hydrogen) atoms. The molecule has 0 aromatic heterocycles. The van der Waals surface area contributed by atoms with Gasteiger partial charge in [-0.15, -0.1) is 0 Å². The molecule has 1 aliphatic rings. The first-order valence-corrected chi connectivity index (χ1v) is 7.65. The number of benzene rings is 1. The maximum absolute atomic E-state index is 14.1. The van der Waals surface area contributed by atoms with Crippen molar-refractivity contribution in [2.45, 2.75) is 65.3 Å². The van der Waals surface area contributed by atoms with Crippen molar-refractivity contribution in [2.24, 2.45) is 5.92 Å². The zero-order valence-corrected chi connectivity index (χ0v) is 13.2.